The third kappa shape index (κ3) is 3.85. The van der Waals surface area contributed by atoms with Crippen LogP contribution in [0, 0.1) is 30.9 Å². The van der Waals surface area contributed by atoms with Crippen LogP contribution in [0.3, 0.4) is 0 Å². The number of ether oxygens (including phenoxy) is 1. The lowest BCUT2D eigenvalue weighted by Gasteiger charge is -2.04. The summed E-state index contributed by atoms with van der Waals surface area (Å²) in [4.78, 5) is 15.2. The predicted molar refractivity (Wildman–Crippen MR) is 95.1 cm³/mol. The molecule has 2 heterocycles. The van der Waals surface area contributed by atoms with Crippen LogP contribution in [0.2, 0.25) is 0 Å². The Kier molecular flexibility index (Phi) is 4.80. The van der Waals surface area contributed by atoms with Gasteiger partial charge in [0.1, 0.15) is 28.8 Å². The Hall–Kier alpha value is -2.74. The Morgan fingerprint density at radius 1 is 1.24 bits per heavy atom. The van der Waals surface area contributed by atoms with Crippen molar-refractivity contribution in [2.75, 3.05) is 0 Å². The number of hydrogen-bond acceptors (Lipinski definition) is 6. The molecule has 130 valence electrons. The molecule has 1 aromatic carbocycles. The number of nitro groups is 1. The largest absolute Gasteiger partial charge is 0.486 e. The molecule has 0 unspecified atom stereocenters. The van der Waals surface area contributed by atoms with Crippen LogP contribution >= 0.6 is 11.3 Å². The van der Waals surface area contributed by atoms with E-state index >= 15 is 0 Å². The van der Waals surface area contributed by atoms with Crippen molar-refractivity contribution in [3.63, 3.8) is 0 Å². The molecule has 8 heteroatoms. The smallest absolute Gasteiger partial charge is 0.312 e. The Labute approximate surface area is 149 Å². The first kappa shape index (κ1) is 17.1. The highest BCUT2D eigenvalue weighted by molar-refractivity contribution is 7.09. The van der Waals surface area contributed by atoms with Crippen molar-refractivity contribution in [1.29, 1.82) is 0 Å². The summed E-state index contributed by atoms with van der Waals surface area (Å²) in [7, 11) is 0. The van der Waals surface area contributed by atoms with Crippen molar-refractivity contribution in [3.05, 3.63) is 67.4 Å². The van der Waals surface area contributed by atoms with Gasteiger partial charge in [-0.15, -0.1) is 11.3 Å². The van der Waals surface area contributed by atoms with Crippen LogP contribution in [-0.2, 0) is 13.2 Å². The van der Waals surface area contributed by atoms with E-state index in [9.17, 15) is 10.1 Å². The van der Waals surface area contributed by atoms with E-state index in [1.807, 2.05) is 36.6 Å². The van der Waals surface area contributed by atoms with E-state index in [1.165, 1.54) is 16.9 Å². The summed E-state index contributed by atoms with van der Waals surface area (Å²) in [5.41, 5.74) is 3.02. The molecule has 0 saturated heterocycles. The van der Waals surface area contributed by atoms with Crippen LogP contribution in [0.15, 0.2) is 29.6 Å². The number of benzene rings is 1. The molecule has 25 heavy (non-hydrogen) atoms. The molecular formula is C17H18N4O3S. The van der Waals surface area contributed by atoms with Crippen molar-refractivity contribution < 1.29 is 9.66 Å². The van der Waals surface area contributed by atoms with Crippen molar-refractivity contribution >= 4 is 17.0 Å². The first-order valence-corrected chi connectivity index (χ1v) is 8.63. The number of thiazole rings is 1. The van der Waals surface area contributed by atoms with Gasteiger partial charge in [0.25, 0.3) is 0 Å². The minimum Gasteiger partial charge on any atom is -0.486 e. The van der Waals surface area contributed by atoms with Gasteiger partial charge in [0.05, 0.1) is 17.2 Å². The molecule has 0 aliphatic heterocycles. The minimum absolute atomic E-state index is 0.0677. The van der Waals surface area contributed by atoms with Crippen molar-refractivity contribution in [3.8, 4) is 5.75 Å². The van der Waals surface area contributed by atoms with Gasteiger partial charge >= 0.3 is 5.69 Å². The van der Waals surface area contributed by atoms with E-state index in [-0.39, 0.29) is 5.69 Å². The van der Waals surface area contributed by atoms with Crippen LogP contribution in [0.25, 0.3) is 0 Å². The maximum Gasteiger partial charge on any atom is 0.312 e. The molecule has 3 aromatic rings. The lowest BCUT2D eigenvalue weighted by molar-refractivity contribution is -0.386. The summed E-state index contributed by atoms with van der Waals surface area (Å²) >= 11 is 1.50. The quantitative estimate of drug-likeness (QED) is 0.494. The zero-order chi connectivity index (χ0) is 18.0. The van der Waals surface area contributed by atoms with Crippen LogP contribution in [0.5, 0.6) is 5.75 Å². The molecule has 0 atom stereocenters. The second-order valence-corrected chi connectivity index (χ2v) is 6.71. The Balaban J connectivity index is 1.67. The molecule has 0 bridgehead atoms. The second kappa shape index (κ2) is 7.02. The van der Waals surface area contributed by atoms with Gasteiger partial charge in [0.15, 0.2) is 0 Å². The van der Waals surface area contributed by atoms with Gasteiger partial charge in [-0.3, -0.25) is 14.8 Å². The third-order valence-corrected chi connectivity index (χ3v) is 4.69. The summed E-state index contributed by atoms with van der Waals surface area (Å²) in [5, 5.41) is 18.1. The molecule has 0 amide bonds. The fourth-order valence-electron chi connectivity index (χ4n) is 2.53. The first-order chi connectivity index (χ1) is 11.9. The maximum atomic E-state index is 11.1. The van der Waals surface area contributed by atoms with Crippen LogP contribution in [0.4, 0.5) is 5.69 Å². The van der Waals surface area contributed by atoms with E-state index in [1.54, 1.807) is 18.5 Å². The molecule has 0 aliphatic rings. The normalized spacial score (nSPS) is 10.8. The molecule has 0 spiro atoms. The van der Waals surface area contributed by atoms with E-state index in [2.05, 4.69) is 10.1 Å². The minimum atomic E-state index is -0.393. The van der Waals surface area contributed by atoms with Gasteiger partial charge in [0, 0.05) is 5.38 Å². The Morgan fingerprint density at radius 2 is 1.96 bits per heavy atom. The van der Waals surface area contributed by atoms with Crippen LogP contribution < -0.4 is 4.74 Å². The topological polar surface area (TPSA) is 83.1 Å². The molecule has 0 fully saturated rings. The fourth-order valence-corrected chi connectivity index (χ4v) is 3.22. The molecule has 0 saturated carbocycles. The van der Waals surface area contributed by atoms with E-state index < -0.39 is 4.92 Å². The Morgan fingerprint density at radius 3 is 2.60 bits per heavy atom. The van der Waals surface area contributed by atoms with Gasteiger partial charge in [0.2, 0.25) is 0 Å². The average Bonchev–Trinajstić information content (AvgIpc) is 3.11. The summed E-state index contributed by atoms with van der Waals surface area (Å²) < 4.78 is 7.34. The van der Waals surface area contributed by atoms with E-state index in [0.717, 1.165) is 16.5 Å². The molecule has 2 aromatic heterocycles. The number of aromatic nitrogens is 3. The molecular weight excluding hydrogens is 340 g/mol. The van der Waals surface area contributed by atoms with Crippen molar-refractivity contribution in [2.24, 2.45) is 0 Å². The second-order valence-electron chi connectivity index (χ2n) is 5.77. The zero-order valence-electron chi connectivity index (χ0n) is 14.2. The van der Waals surface area contributed by atoms with Gasteiger partial charge < -0.3 is 4.74 Å². The summed E-state index contributed by atoms with van der Waals surface area (Å²) in [6, 6.07) is 7.86. The summed E-state index contributed by atoms with van der Waals surface area (Å²) in [5.74, 6) is 0.802. The highest BCUT2D eigenvalue weighted by atomic mass is 32.1. The van der Waals surface area contributed by atoms with Crippen LogP contribution in [-0.4, -0.2) is 19.7 Å². The monoisotopic (exact) mass is 358 g/mol. The van der Waals surface area contributed by atoms with Gasteiger partial charge in [-0.1, -0.05) is 17.7 Å². The number of nitrogens with zero attached hydrogens (tertiary/aromatic N) is 4. The zero-order valence-corrected chi connectivity index (χ0v) is 15.0. The molecule has 3 rings (SSSR count). The molecule has 0 radical (unpaired) electrons. The third-order valence-electron chi connectivity index (χ3n) is 3.82. The lowest BCUT2D eigenvalue weighted by atomic mass is 10.2. The standard InChI is InChI=1S/C17H18N4O3S/c1-11-4-6-15(7-5-11)24-9-16-18-14(10-25-16)8-20-13(3)17(21(22)23)12(2)19-20/h4-7,10H,8-9H2,1-3H3. The van der Waals surface area contributed by atoms with Gasteiger partial charge in [-0.05, 0) is 32.9 Å². The lowest BCUT2D eigenvalue weighted by Crippen LogP contribution is -2.05. The Bertz CT molecular complexity index is 899. The number of rotatable bonds is 6. The molecule has 0 aliphatic carbocycles. The molecule has 0 N–H and O–H groups in total. The number of aryl methyl sites for hydroxylation is 2. The molecule has 7 nitrogen and oxygen atoms in total. The highest BCUT2D eigenvalue weighted by Gasteiger charge is 2.22. The summed E-state index contributed by atoms with van der Waals surface area (Å²) in [6.07, 6.45) is 0. The highest BCUT2D eigenvalue weighted by Crippen LogP contribution is 2.23. The van der Waals surface area contributed by atoms with E-state index in [0.29, 0.717) is 24.5 Å². The summed E-state index contributed by atoms with van der Waals surface area (Å²) in [6.45, 7) is 6.17. The average molecular weight is 358 g/mol. The first-order valence-electron chi connectivity index (χ1n) is 7.75. The SMILES string of the molecule is Cc1ccc(OCc2nc(Cn3nc(C)c([N+](=O)[O-])c3C)cs2)cc1. The van der Waals surface area contributed by atoms with Gasteiger partial charge in [-0.2, -0.15) is 5.10 Å². The van der Waals surface area contributed by atoms with E-state index in [4.69, 9.17) is 4.74 Å². The van der Waals surface area contributed by atoms with Gasteiger partial charge in [-0.25, -0.2) is 4.98 Å². The van der Waals surface area contributed by atoms with Crippen molar-refractivity contribution in [1.82, 2.24) is 14.8 Å². The fraction of sp³-hybridized carbons (Fsp3) is 0.294. The maximum absolute atomic E-state index is 11.1. The van der Waals surface area contributed by atoms with Crippen molar-refractivity contribution in [2.45, 2.75) is 33.9 Å². The predicted octanol–water partition coefficient (Wildman–Crippen LogP) is 3.80. The van der Waals surface area contributed by atoms with Crippen LogP contribution in [0.1, 0.15) is 27.7 Å². The number of hydrogen-bond donors (Lipinski definition) is 0.